The van der Waals surface area contributed by atoms with E-state index in [9.17, 15) is 13.6 Å². The molecule has 0 aliphatic rings. The first-order chi connectivity index (χ1) is 8.08. The van der Waals surface area contributed by atoms with Crippen molar-refractivity contribution in [1.82, 2.24) is 4.90 Å². The second-order valence-corrected chi connectivity index (χ2v) is 3.96. The summed E-state index contributed by atoms with van der Waals surface area (Å²) in [5, 5.41) is 0. The normalized spacial score (nSPS) is 10.4. The molecule has 0 fully saturated rings. The van der Waals surface area contributed by atoms with Crippen molar-refractivity contribution in [2.45, 2.75) is 13.3 Å². The molecule has 0 unspecified atom stereocenters. The molecule has 1 aromatic carbocycles. The highest BCUT2D eigenvalue weighted by molar-refractivity contribution is 6.17. The minimum atomic E-state index is -0.748. The Hall–Kier alpha value is -1.16. The number of carbonyl (C=O) groups excluding carboxylic acids is 1. The van der Waals surface area contributed by atoms with Crippen LogP contribution in [0.5, 0.6) is 0 Å². The van der Waals surface area contributed by atoms with Crippen molar-refractivity contribution >= 4 is 17.5 Å². The van der Waals surface area contributed by atoms with Crippen LogP contribution in [0.15, 0.2) is 18.2 Å². The molecule has 5 heteroatoms. The van der Waals surface area contributed by atoms with Crippen LogP contribution in [0.4, 0.5) is 8.78 Å². The first kappa shape index (κ1) is 13.9. The Bertz CT molecular complexity index is 378. The number of alkyl halides is 1. The minimum absolute atomic E-state index is 0.0268. The number of hydrogen-bond acceptors (Lipinski definition) is 1. The molecule has 0 atom stereocenters. The number of benzene rings is 1. The van der Waals surface area contributed by atoms with Crippen molar-refractivity contribution in [1.29, 1.82) is 0 Å². The zero-order valence-corrected chi connectivity index (χ0v) is 10.3. The summed E-state index contributed by atoms with van der Waals surface area (Å²) in [7, 11) is 0. The van der Waals surface area contributed by atoms with Crippen LogP contribution in [0.2, 0.25) is 0 Å². The topological polar surface area (TPSA) is 20.3 Å². The SMILES string of the molecule is CCN(CCCCl)C(=O)c1cc(F)cc(F)c1. The van der Waals surface area contributed by atoms with Gasteiger partial charge >= 0.3 is 0 Å². The van der Waals surface area contributed by atoms with Gasteiger partial charge in [0.2, 0.25) is 0 Å². The number of halogens is 3. The van der Waals surface area contributed by atoms with Crippen molar-refractivity contribution in [2.75, 3.05) is 19.0 Å². The highest BCUT2D eigenvalue weighted by Gasteiger charge is 2.15. The largest absolute Gasteiger partial charge is 0.339 e. The molecule has 0 aliphatic carbocycles. The van der Waals surface area contributed by atoms with E-state index in [0.717, 1.165) is 18.2 Å². The van der Waals surface area contributed by atoms with Crippen molar-refractivity contribution in [3.8, 4) is 0 Å². The third-order valence-electron chi connectivity index (χ3n) is 2.34. The van der Waals surface area contributed by atoms with Gasteiger partial charge in [-0.2, -0.15) is 0 Å². The molecule has 1 aromatic rings. The summed E-state index contributed by atoms with van der Waals surface area (Å²) >= 11 is 5.55. The number of carbonyl (C=O) groups is 1. The fourth-order valence-electron chi connectivity index (χ4n) is 1.51. The second-order valence-electron chi connectivity index (χ2n) is 3.59. The van der Waals surface area contributed by atoms with Gasteiger partial charge in [0.05, 0.1) is 0 Å². The summed E-state index contributed by atoms with van der Waals surface area (Å²) in [5.41, 5.74) is 0.0268. The second kappa shape index (κ2) is 6.55. The van der Waals surface area contributed by atoms with E-state index < -0.39 is 11.6 Å². The maximum absolute atomic E-state index is 13.0. The fraction of sp³-hybridized carbons (Fsp3) is 0.417. The summed E-state index contributed by atoms with van der Waals surface area (Å²) in [4.78, 5) is 13.4. The van der Waals surface area contributed by atoms with E-state index in [4.69, 9.17) is 11.6 Å². The maximum atomic E-state index is 13.0. The zero-order chi connectivity index (χ0) is 12.8. The van der Waals surface area contributed by atoms with Gasteiger partial charge < -0.3 is 4.90 Å². The molecule has 1 rings (SSSR count). The van der Waals surface area contributed by atoms with Crippen LogP contribution in [-0.4, -0.2) is 29.8 Å². The van der Waals surface area contributed by atoms with Gasteiger partial charge in [-0.15, -0.1) is 11.6 Å². The average Bonchev–Trinajstić information content (AvgIpc) is 2.28. The number of rotatable bonds is 5. The van der Waals surface area contributed by atoms with E-state index in [1.807, 2.05) is 6.92 Å². The summed E-state index contributed by atoms with van der Waals surface area (Å²) in [6.45, 7) is 2.77. The predicted octanol–water partition coefficient (Wildman–Crippen LogP) is 3.06. The van der Waals surface area contributed by atoms with E-state index in [1.54, 1.807) is 0 Å². The van der Waals surface area contributed by atoms with Gasteiger partial charge in [0.25, 0.3) is 5.91 Å². The van der Waals surface area contributed by atoms with Crippen LogP contribution in [0, 0.1) is 11.6 Å². The maximum Gasteiger partial charge on any atom is 0.254 e. The van der Waals surface area contributed by atoms with Crippen LogP contribution in [0.1, 0.15) is 23.7 Å². The number of nitrogens with zero attached hydrogens (tertiary/aromatic N) is 1. The fourth-order valence-corrected chi connectivity index (χ4v) is 1.63. The van der Waals surface area contributed by atoms with Gasteiger partial charge in [0.1, 0.15) is 11.6 Å². The van der Waals surface area contributed by atoms with E-state index >= 15 is 0 Å². The monoisotopic (exact) mass is 261 g/mol. The van der Waals surface area contributed by atoms with Gasteiger partial charge in [-0.1, -0.05) is 0 Å². The van der Waals surface area contributed by atoms with Crippen LogP contribution < -0.4 is 0 Å². The minimum Gasteiger partial charge on any atom is -0.339 e. The Morgan fingerprint density at radius 2 is 1.88 bits per heavy atom. The van der Waals surface area contributed by atoms with Crippen LogP contribution in [0.25, 0.3) is 0 Å². The van der Waals surface area contributed by atoms with Crippen LogP contribution in [-0.2, 0) is 0 Å². The van der Waals surface area contributed by atoms with Crippen molar-refractivity contribution in [2.24, 2.45) is 0 Å². The first-order valence-corrected chi connectivity index (χ1v) is 5.93. The van der Waals surface area contributed by atoms with Crippen LogP contribution in [0.3, 0.4) is 0 Å². The molecular weight excluding hydrogens is 248 g/mol. The number of hydrogen-bond donors (Lipinski definition) is 0. The lowest BCUT2D eigenvalue weighted by atomic mass is 10.2. The Balaban J connectivity index is 2.85. The molecule has 0 bridgehead atoms. The molecule has 0 spiro atoms. The highest BCUT2D eigenvalue weighted by Crippen LogP contribution is 2.11. The van der Waals surface area contributed by atoms with E-state index in [-0.39, 0.29) is 11.5 Å². The summed E-state index contributed by atoms with van der Waals surface area (Å²) in [6, 6.07) is 2.81. The highest BCUT2D eigenvalue weighted by atomic mass is 35.5. The molecule has 0 saturated heterocycles. The standard InChI is InChI=1S/C12H14ClF2NO/c1-2-16(5-3-4-13)12(17)9-6-10(14)8-11(15)7-9/h6-8H,2-5H2,1H3. The van der Waals surface area contributed by atoms with Gasteiger partial charge in [0, 0.05) is 30.6 Å². The lowest BCUT2D eigenvalue weighted by molar-refractivity contribution is 0.0764. The molecule has 2 nitrogen and oxygen atoms in total. The Kier molecular flexibility index (Phi) is 5.35. The quantitative estimate of drug-likeness (QED) is 0.746. The van der Waals surface area contributed by atoms with Gasteiger partial charge in [-0.05, 0) is 25.5 Å². The van der Waals surface area contributed by atoms with E-state index in [1.165, 1.54) is 4.90 Å². The predicted molar refractivity (Wildman–Crippen MR) is 63.3 cm³/mol. The molecule has 0 aromatic heterocycles. The smallest absolute Gasteiger partial charge is 0.254 e. The third kappa shape index (κ3) is 3.97. The van der Waals surface area contributed by atoms with Crippen molar-refractivity contribution in [3.05, 3.63) is 35.4 Å². The molecule has 0 saturated carbocycles. The molecule has 0 N–H and O–H groups in total. The van der Waals surface area contributed by atoms with Crippen molar-refractivity contribution < 1.29 is 13.6 Å². The lowest BCUT2D eigenvalue weighted by Gasteiger charge is -2.20. The van der Waals surface area contributed by atoms with Gasteiger partial charge in [-0.3, -0.25) is 4.79 Å². The molecular formula is C12H14ClF2NO. The van der Waals surface area contributed by atoms with Crippen molar-refractivity contribution in [3.63, 3.8) is 0 Å². The third-order valence-corrected chi connectivity index (χ3v) is 2.61. The summed E-state index contributed by atoms with van der Waals surface area (Å²) in [5.74, 6) is -1.43. The first-order valence-electron chi connectivity index (χ1n) is 5.39. The molecule has 0 heterocycles. The number of amides is 1. The van der Waals surface area contributed by atoms with E-state index in [2.05, 4.69) is 0 Å². The molecule has 0 aliphatic heterocycles. The molecule has 0 radical (unpaired) electrons. The van der Waals surface area contributed by atoms with E-state index in [0.29, 0.717) is 25.4 Å². The van der Waals surface area contributed by atoms with Gasteiger partial charge in [0.15, 0.2) is 0 Å². The molecule has 1 amide bonds. The Labute approximate surface area is 104 Å². The molecule has 94 valence electrons. The molecule has 17 heavy (non-hydrogen) atoms. The Morgan fingerprint density at radius 3 is 2.35 bits per heavy atom. The van der Waals surface area contributed by atoms with Gasteiger partial charge in [-0.25, -0.2) is 8.78 Å². The van der Waals surface area contributed by atoms with Crippen LogP contribution >= 0.6 is 11.6 Å². The summed E-state index contributed by atoms with van der Waals surface area (Å²) < 4.78 is 26.0. The Morgan fingerprint density at radius 1 is 1.29 bits per heavy atom. The average molecular weight is 262 g/mol. The summed E-state index contributed by atoms with van der Waals surface area (Å²) in [6.07, 6.45) is 0.652. The zero-order valence-electron chi connectivity index (χ0n) is 9.55. The lowest BCUT2D eigenvalue weighted by Crippen LogP contribution is -2.32.